The summed E-state index contributed by atoms with van der Waals surface area (Å²) in [4.78, 5) is 20.1. The fraction of sp³-hybridized carbons (Fsp3) is 0.296. The Morgan fingerprint density at radius 1 is 0.875 bits per heavy atom. The molecule has 2 heterocycles. The largest absolute Gasteiger partial charge is 0.340 e. The number of halogens is 1. The first kappa shape index (κ1) is 21.2. The van der Waals surface area contributed by atoms with E-state index >= 15 is 0 Å². The second-order valence-corrected chi connectivity index (χ2v) is 9.50. The van der Waals surface area contributed by atoms with Gasteiger partial charge in [0, 0.05) is 28.4 Å². The van der Waals surface area contributed by atoms with Gasteiger partial charge in [0.05, 0.1) is 11.4 Å². The lowest BCUT2D eigenvalue weighted by molar-refractivity contribution is 0.0483. The monoisotopic (exact) mass is 446 g/mol. The van der Waals surface area contributed by atoms with E-state index in [-0.39, 0.29) is 5.78 Å². The molecule has 3 nitrogen and oxygen atoms in total. The Hall–Kier alpha value is -2.63. The minimum Gasteiger partial charge on any atom is -0.340 e. The molecule has 3 aromatic rings. The number of carbonyl (C=O) groups is 1. The number of alkyl halides is 1. The number of likely N-dealkylation sites (tertiary alicyclic amines) is 1. The van der Waals surface area contributed by atoms with E-state index in [2.05, 4.69) is 58.3 Å². The van der Waals surface area contributed by atoms with Crippen molar-refractivity contribution in [2.75, 3.05) is 24.5 Å². The zero-order chi connectivity index (χ0) is 21.9. The Balaban J connectivity index is 1.32. The van der Waals surface area contributed by atoms with E-state index in [1.807, 2.05) is 18.2 Å². The van der Waals surface area contributed by atoms with Crippen molar-refractivity contribution >= 4 is 28.9 Å². The third-order valence-corrected chi connectivity index (χ3v) is 7.48. The summed E-state index contributed by atoms with van der Waals surface area (Å²) in [6.45, 7) is 2.30. The number of benzene rings is 3. The molecule has 0 saturated carbocycles. The van der Waals surface area contributed by atoms with Gasteiger partial charge in [0.2, 0.25) is 0 Å². The van der Waals surface area contributed by atoms with Crippen molar-refractivity contribution in [2.24, 2.45) is 0 Å². The lowest BCUT2D eigenvalue weighted by Crippen LogP contribution is -2.51. The highest BCUT2D eigenvalue weighted by Gasteiger charge is 2.37. The number of ketones is 1. The molecular weight excluding hydrogens is 419 g/mol. The summed E-state index contributed by atoms with van der Waals surface area (Å²) in [5.41, 5.74) is 3.04. The summed E-state index contributed by atoms with van der Waals surface area (Å²) in [6, 6.07) is 25.4. The van der Waals surface area contributed by atoms with Crippen LogP contribution in [-0.2, 0) is 0 Å². The summed E-state index contributed by atoms with van der Waals surface area (Å²) in [6.07, 6.45) is 1.01. The molecule has 2 aliphatic rings. The smallest absolute Gasteiger partial charge is 0.182 e. The van der Waals surface area contributed by atoms with Crippen molar-refractivity contribution in [2.45, 2.75) is 41.3 Å². The number of fused-ring (bicyclic) bond motifs is 2. The van der Waals surface area contributed by atoms with Gasteiger partial charge in [-0.1, -0.05) is 66.4 Å². The average molecular weight is 447 g/mol. The molecule has 2 atom stereocenters. The molecule has 164 valence electrons. The van der Waals surface area contributed by atoms with Crippen LogP contribution in [0.1, 0.15) is 29.6 Å². The van der Waals surface area contributed by atoms with E-state index in [1.54, 1.807) is 23.9 Å². The molecule has 1 saturated heterocycles. The number of carbonyl (C=O) groups excluding carboxylic acids is 1. The van der Waals surface area contributed by atoms with Crippen LogP contribution in [0.3, 0.4) is 0 Å². The minimum absolute atomic E-state index is 0.0946. The van der Waals surface area contributed by atoms with Gasteiger partial charge in [0.1, 0.15) is 12.2 Å². The van der Waals surface area contributed by atoms with Crippen LogP contribution in [-0.4, -0.2) is 42.5 Å². The molecule has 0 radical (unpaired) electrons. The normalized spacial score (nSPS) is 20.5. The SMILES string of the molecule is O=C(c1ccccc1)C1C(F)CCCN1CCCN1c2ccccc2Sc2ccccc21. The van der Waals surface area contributed by atoms with Crippen LogP contribution in [0.25, 0.3) is 0 Å². The van der Waals surface area contributed by atoms with E-state index in [9.17, 15) is 9.18 Å². The molecule has 0 aromatic heterocycles. The molecular formula is C27H27FN2OS. The van der Waals surface area contributed by atoms with Crippen molar-refractivity contribution in [3.63, 3.8) is 0 Å². The average Bonchev–Trinajstić information content (AvgIpc) is 2.84. The van der Waals surface area contributed by atoms with Crippen LogP contribution >= 0.6 is 11.8 Å². The van der Waals surface area contributed by atoms with Gasteiger partial charge in [-0.3, -0.25) is 9.69 Å². The van der Waals surface area contributed by atoms with Gasteiger partial charge in [0.15, 0.2) is 5.78 Å². The number of hydrogen-bond acceptors (Lipinski definition) is 4. The lowest BCUT2D eigenvalue weighted by atomic mass is 9.92. The van der Waals surface area contributed by atoms with Crippen LogP contribution in [0.2, 0.25) is 0 Å². The highest BCUT2D eigenvalue weighted by molar-refractivity contribution is 7.99. The molecule has 0 N–H and O–H groups in total. The van der Waals surface area contributed by atoms with Crippen LogP contribution in [0.4, 0.5) is 15.8 Å². The predicted molar refractivity (Wildman–Crippen MR) is 129 cm³/mol. The van der Waals surface area contributed by atoms with Gasteiger partial charge in [-0.15, -0.1) is 0 Å². The van der Waals surface area contributed by atoms with Gasteiger partial charge < -0.3 is 4.90 Å². The molecule has 5 heteroatoms. The first-order valence-electron chi connectivity index (χ1n) is 11.3. The first-order chi connectivity index (χ1) is 15.7. The summed E-state index contributed by atoms with van der Waals surface area (Å²) >= 11 is 1.80. The molecule has 0 bridgehead atoms. The molecule has 2 aliphatic heterocycles. The predicted octanol–water partition coefficient (Wildman–Crippen LogP) is 6.36. The van der Waals surface area contributed by atoms with Crippen molar-refractivity contribution in [3.05, 3.63) is 84.4 Å². The molecule has 2 unspecified atom stereocenters. The van der Waals surface area contributed by atoms with E-state index in [4.69, 9.17) is 0 Å². The summed E-state index contributed by atoms with van der Waals surface area (Å²) in [5.74, 6) is -0.0946. The summed E-state index contributed by atoms with van der Waals surface area (Å²) in [5, 5.41) is 0. The van der Waals surface area contributed by atoms with Gasteiger partial charge in [-0.25, -0.2) is 4.39 Å². The Morgan fingerprint density at radius 2 is 1.50 bits per heavy atom. The van der Waals surface area contributed by atoms with Crippen LogP contribution in [0.5, 0.6) is 0 Å². The molecule has 0 amide bonds. The Morgan fingerprint density at radius 3 is 2.19 bits per heavy atom. The molecule has 3 aromatic carbocycles. The van der Waals surface area contributed by atoms with Crippen LogP contribution < -0.4 is 4.90 Å². The van der Waals surface area contributed by atoms with Gasteiger partial charge >= 0.3 is 0 Å². The quantitative estimate of drug-likeness (QED) is 0.411. The third-order valence-electron chi connectivity index (χ3n) is 6.35. The van der Waals surface area contributed by atoms with Crippen molar-refractivity contribution < 1.29 is 9.18 Å². The van der Waals surface area contributed by atoms with E-state index in [0.29, 0.717) is 18.5 Å². The zero-order valence-corrected chi connectivity index (χ0v) is 18.8. The minimum atomic E-state index is -1.11. The maximum atomic E-state index is 14.9. The third kappa shape index (κ3) is 4.19. The van der Waals surface area contributed by atoms with Crippen LogP contribution in [0.15, 0.2) is 88.7 Å². The Labute approximate surface area is 193 Å². The lowest BCUT2D eigenvalue weighted by Gasteiger charge is -2.38. The molecule has 0 spiro atoms. The highest BCUT2D eigenvalue weighted by Crippen LogP contribution is 2.47. The number of piperidine rings is 1. The highest BCUT2D eigenvalue weighted by atomic mass is 32.2. The zero-order valence-electron chi connectivity index (χ0n) is 18.0. The second kappa shape index (κ2) is 9.47. The summed E-state index contributed by atoms with van der Waals surface area (Å²) < 4.78 is 14.9. The maximum absolute atomic E-state index is 14.9. The number of para-hydroxylation sites is 2. The summed E-state index contributed by atoms with van der Waals surface area (Å²) in [7, 11) is 0. The van der Waals surface area contributed by atoms with Crippen molar-refractivity contribution in [1.82, 2.24) is 4.90 Å². The van der Waals surface area contributed by atoms with E-state index in [1.165, 1.54) is 21.2 Å². The Bertz CT molecular complexity index is 1040. The standard InChI is InChI=1S/C27H27FN2OS/c28-21-12-8-17-29(26(21)27(31)20-10-2-1-3-11-20)18-9-19-30-22-13-4-6-15-24(22)32-25-16-7-5-14-23(25)30/h1-7,10-11,13-16,21,26H,8-9,12,17-19H2. The molecule has 0 aliphatic carbocycles. The molecule has 1 fully saturated rings. The number of anilines is 2. The number of hydrogen-bond donors (Lipinski definition) is 0. The Kier molecular flexibility index (Phi) is 6.28. The molecule has 5 rings (SSSR count). The van der Waals surface area contributed by atoms with Crippen molar-refractivity contribution in [3.8, 4) is 0 Å². The van der Waals surface area contributed by atoms with Gasteiger partial charge in [-0.2, -0.15) is 0 Å². The topological polar surface area (TPSA) is 23.6 Å². The van der Waals surface area contributed by atoms with Gasteiger partial charge in [-0.05, 0) is 50.1 Å². The number of rotatable bonds is 6. The van der Waals surface area contributed by atoms with E-state index < -0.39 is 12.2 Å². The van der Waals surface area contributed by atoms with Gasteiger partial charge in [0.25, 0.3) is 0 Å². The van der Waals surface area contributed by atoms with E-state index in [0.717, 1.165) is 25.9 Å². The fourth-order valence-electron chi connectivity index (χ4n) is 4.82. The van der Waals surface area contributed by atoms with Crippen LogP contribution in [0, 0.1) is 0 Å². The number of Topliss-reactive ketones (excluding diaryl/α,β-unsaturated/α-hetero) is 1. The molecule has 32 heavy (non-hydrogen) atoms. The maximum Gasteiger partial charge on any atom is 0.182 e. The first-order valence-corrected chi connectivity index (χ1v) is 12.1. The fourth-order valence-corrected chi connectivity index (χ4v) is 5.92. The van der Waals surface area contributed by atoms with Crippen molar-refractivity contribution in [1.29, 1.82) is 0 Å². The second-order valence-electron chi connectivity index (χ2n) is 8.41. The number of nitrogens with zero attached hydrogens (tertiary/aromatic N) is 2.